The van der Waals surface area contributed by atoms with Crippen LogP contribution >= 0.6 is 23.7 Å². The Hall–Kier alpha value is -1.02. The molecule has 0 spiro atoms. The highest BCUT2D eigenvalue weighted by Crippen LogP contribution is 2.14. The van der Waals surface area contributed by atoms with Crippen molar-refractivity contribution in [2.45, 2.75) is 26.4 Å². The first kappa shape index (κ1) is 15.4. The molecular formula is C12H18ClN5OS. The van der Waals surface area contributed by atoms with Gasteiger partial charge < -0.3 is 5.32 Å². The van der Waals surface area contributed by atoms with Gasteiger partial charge in [0.05, 0.1) is 6.54 Å². The van der Waals surface area contributed by atoms with Gasteiger partial charge >= 0.3 is 0 Å². The van der Waals surface area contributed by atoms with Crippen molar-refractivity contribution in [3.63, 3.8) is 0 Å². The van der Waals surface area contributed by atoms with E-state index in [0.717, 1.165) is 36.9 Å². The Morgan fingerprint density at radius 1 is 1.55 bits per heavy atom. The van der Waals surface area contributed by atoms with Crippen molar-refractivity contribution in [3.8, 4) is 0 Å². The molecule has 1 aliphatic rings. The predicted molar refractivity (Wildman–Crippen MR) is 81.9 cm³/mol. The number of aromatic nitrogens is 3. The standard InChI is InChI=1S/C12H17N5OS.ClH/c1-8-5-11(18)17-12(14-8)19-10(15-17)7-16-4-3-13-9(2)6-16;/h5,9,13H,3-4,6-7H2,1-2H3;1H. The molecule has 0 radical (unpaired) electrons. The van der Waals surface area contributed by atoms with E-state index in [2.05, 4.69) is 27.2 Å². The number of nitrogens with one attached hydrogen (secondary N) is 1. The Morgan fingerprint density at radius 2 is 2.35 bits per heavy atom. The Bertz CT molecular complexity index is 655. The fourth-order valence-corrected chi connectivity index (χ4v) is 3.36. The molecule has 0 bridgehead atoms. The van der Waals surface area contributed by atoms with Gasteiger partial charge in [-0.2, -0.15) is 9.61 Å². The van der Waals surface area contributed by atoms with Crippen molar-refractivity contribution in [2.75, 3.05) is 19.6 Å². The van der Waals surface area contributed by atoms with E-state index in [0.29, 0.717) is 11.0 Å². The van der Waals surface area contributed by atoms with Crippen LogP contribution in [0.1, 0.15) is 17.6 Å². The molecule has 1 unspecified atom stereocenters. The molecular weight excluding hydrogens is 298 g/mol. The monoisotopic (exact) mass is 315 g/mol. The van der Waals surface area contributed by atoms with Crippen molar-refractivity contribution >= 4 is 28.7 Å². The molecule has 3 rings (SSSR count). The molecule has 1 N–H and O–H groups in total. The largest absolute Gasteiger partial charge is 0.312 e. The quantitative estimate of drug-likeness (QED) is 0.883. The van der Waals surface area contributed by atoms with Crippen LogP contribution in [0.25, 0.3) is 4.96 Å². The van der Waals surface area contributed by atoms with Crippen molar-refractivity contribution in [1.82, 2.24) is 24.8 Å². The summed E-state index contributed by atoms with van der Waals surface area (Å²) in [6, 6.07) is 2.02. The van der Waals surface area contributed by atoms with Crippen LogP contribution in [-0.2, 0) is 6.54 Å². The number of fused-ring (bicyclic) bond motifs is 1. The van der Waals surface area contributed by atoms with Gasteiger partial charge in [0.2, 0.25) is 4.96 Å². The SMILES string of the molecule is Cc1cc(=O)n2nc(CN3CCNC(C)C3)sc2n1.Cl. The normalized spacial score (nSPS) is 20.0. The summed E-state index contributed by atoms with van der Waals surface area (Å²) in [7, 11) is 0. The molecule has 1 saturated heterocycles. The number of hydrogen-bond donors (Lipinski definition) is 1. The maximum Gasteiger partial charge on any atom is 0.275 e. The number of halogens is 1. The van der Waals surface area contributed by atoms with E-state index >= 15 is 0 Å². The van der Waals surface area contributed by atoms with Crippen molar-refractivity contribution < 1.29 is 0 Å². The topological polar surface area (TPSA) is 62.5 Å². The molecule has 0 aliphatic carbocycles. The average molecular weight is 316 g/mol. The summed E-state index contributed by atoms with van der Waals surface area (Å²) in [5.74, 6) is 0. The third-order valence-electron chi connectivity index (χ3n) is 3.23. The summed E-state index contributed by atoms with van der Waals surface area (Å²) in [5.41, 5.74) is 0.648. The second kappa shape index (κ2) is 6.17. The minimum absolute atomic E-state index is 0. The second-order valence-electron chi connectivity index (χ2n) is 5.02. The lowest BCUT2D eigenvalue weighted by molar-refractivity contribution is 0.199. The molecule has 1 fully saturated rings. The zero-order valence-electron chi connectivity index (χ0n) is 11.5. The zero-order chi connectivity index (χ0) is 13.4. The number of rotatable bonds is 2. The molecule has 3 heterocycles. The summed E-state index contributed by atoms with van der Waals surface area (Å²) in [6.07, 6.45) is 0. The maximum absolute atomic E-state index is 11.8. The van der Waals surface area contributed by atoms with Gasteiger partial charge in [-0.15, -0.1) is 12.4 Å². The summed E-state index contributed by atoms with van der Waals surface area (Å²) in [4.78, 5) is 19.2. The van der Waals surface area contributed by atoms with Crippen LogP contribution < -0.4 is 10.9 Å². The summed E-state index contributed by atoms with van der Waals surface area (Å²) < 4.78 is 1.40. The van der Waals surface area contributed by atoms with Gasteiger partial charge in [0, 0.05) is 37.4 Å². The first-order chi connectivity index (χ1) is 9.11. The van der Waals surface area contributed by atoms with Crippen LogP contribution in [0, 0.1) is 6.92 Å². The Kier molecular flexibility index (Phi) is 4.74. The Balaban J connectivity index is 0.00000147. The number of nitrogens with zero attached hydrogens (tertiary/aromatic N) is 4. The van der Waals surface area contributed by atoms with E-state index in [1.165, 1.54) is 21.9 Å². The highest BCUT2D eigenvalue weighted by atomic mass is 35.5. The fraction of sp³-hybridized carbons (Fsp3) is 0.583. The average Bonchev–Trinajstić information content (AvgIpc) is 2.71. The van der Waals surface area contributed by atoms with E-state index in [4.69, 9.17) is 0 Å². The third-order valence-corrected chi connectivity index (χ3v) is 4.12. The van der Waals surface area contributed by atoms with E-state index < -0.39 is 0 Å². The van der Waals surface area contributed by atoms with Crippen molar-refractivity contribution in [2.24, 2.45) is 0 Å². The summed E-state index contributed by atoms with van der Waals surface area (Å²) >= 11 is 1.50. The lowest BCUT2D eigenvalue weighted by Gasteiger charge is -2.30. The predicted octanol–water partition coefficient (Wildman–Crippen LogP) is 0.675. The van der Waals surface area contributed by atoms with Gasteiger partial charge in [0.25, 0.3) is 5.56 Å². The van der Waals surface area contributed by atoms with Crippen LogP contribution in [0.15, 0.2) is 10.9 Å². The van der Waals surface area contributed by atoms with Gasteiger partial charge in [-0.05, 0) is 13.8 Å². The molecule has 0 amide bonds. The molecule has 0 aromatic carbocycles. The molecule has 8 heteroatoms. The number of hydrogen-bond acceptors (Lipinski definition) is 6. The molecule has 6 nitrogen and oxygen atoms in total. The van der Waals surface area contributed by atoms with Gasteiger partial charge in [0.1, 0.15) is 5.01 Å². The molecule has 20 heavy (non-hydrogen) atoms. The van der Waals surface area contributed by atoms with Crippen LogP contribution in [0.5, 0.6) is 0 Å². The molecule has 0 saturated carbocycles. The smallest absolute Gasteiger partial charge is 0.275 e. The molecule has 1 aliphatic heterocycles. The van der Waals surface area contributed by atoms with E-state index in [9.17, 15) is 4.79 Å². The number of aryl methyl sites for hydroxylation is 1. The van der Waals surface area contributed by atoms with E-state index in [-0.39, 0.29) is 18.0 Å². The summed E-state index contributed by atoms with van der Waals surface area (Å²) in [6.45, 7) is 7.83. The molecule has 2 aromatic heterocycles. The lowest BCUT2D eigenvalue weighted by Crippen LogP contribution is -2.48. The maximum atomic E-state index is 11.8. The summed E-state index contributed by atoms with van der Waals surface area (Å²) in [5, 5.41) is 8.73. The van der Waals surface area contributed by atoms with Crippen molar-refractivity contribution in [3.05, 3.63) is 27.1 Å². The first-order valence-corrected chi connectivity index (χ1v) is 7.25. The Labute approximate surface area is 127 Å². The van der Waals surface area contributed by atoms with Crippen LogP contribution in [0.4, 0.5) is 0 Å². The first-order valence-electron chi connectivity index (χ1n) is 6.44. The van der Waals surface area contributed by atoms with Crippen LogP contribution in [0.2, 0.25) is 0 Å². The van der Waals surface area contributed by atoms with Crippen LogP contribution in [-0.4, -0.2) is 45.2 Å². The van der Waals surface area contributed by atoms with Gasteiger partial charge in [0.15, 0.2) is 0 Å². The van der Waals surface area contributed by atoms with Gasteiger partial charge in [-0.1, -0.05) is 11.3 Å². The van der Waals surface area contributed by atoms with E-state index in [1.54, 1.807) is 0 Å². The molecule has 1 atom stereocenters. The number of piperazine rings is 1. The third kappa shape index (κ3) is 3.17. The van der Waals surface area contributed by atoms with Gasteiger partial charge in [-0.25, -0.2) is 4.98 Å². The Morgan fingerprint density at radius 3 is 3.10 bits per heavy atom. The van der Waals surface area contributed by atoms with Crippen LogP contribution in [0.3, 0.4) is 0 Å². The molecule has 110 valence electrons. The minimum atomic E-state index is -0.0984. The molecule has 2 aromatic rings. The van der Waals surface area contributed by atoms with Crippen molar-refractivity contribution in [1.29, 1.82) is 0 Å². The fourth-order valence-electron chi connectivity index (χ4n) is 2.37. The zero-order valence-corrected chi connectivity index (χ0v) is 13.1. The lowest BCUT2D eigenvalue weighted by atomic mass is 10.2. The highest BCUT2D eigenvalue weighted by molar-refractivity contribution is 7.16. The second-order valence-corrected chi connectivity index (χ2v) is 6.06. The van der Waals surface area contributed by atoms with Gasteiger partial charge in [-0.3, -0.25) is 9.69 Å². The minimum Gasteiger partial charge on any atom is -0.312 e. The highest BCUT2D eigenvalue weighted by Gasteiger charge is 2.17. The van der Waals surface area contributed by atoms with E-state index in [1.807, 2.05) is 6.92 Å².